The van der Waals surface area contributed by atoms with Crippen LogP contribution in [0.2, 0.25) is 0 Å². The van der Waals surface area contributed by atoms with Crippen LogP contribution in [-0.2, 0) is 14.3 Å². The molecule has 1 heterocycles. The Labute approximate surface area is 197 Å². The molecule has 0 aromatic carbocycles. The van der Waals surface area contributed by atoms with Gasteiger partial charge in [-0.25, -0.2) is 9.59 Å². The average molecular weight is 460 g/mol. The maximum absolute atomic E-state index is 12.4. The molecule has 4 aliphatic carbocycles. The molecule has 1 aliphatic heterocycles. The molecule has 0 aromatic rings. The Morgan fingerprint density at radius 1 is 1.09 bits per heavy atom. The van der Waals surface area contributed by atoms with Crippen molar-refractivity contribution in [1.82, 2.24) is 5.32 Å². The smallest absolute Gasteiger partial charge is 0.407 e. The maximum Gasteiger partial charge on any atom is 0.407 e. The molecule has 0 aromatic heterocycles. The number of ether oxygens (including phenoxy) is 2. The van der Waals surface area contributed by atoms with Gasteiger partial charge >= 0.3 is 12.1 Å². The summed E-state index contributed by atoms with van der Waals surface area (Å²) in [6, 6.07) is 0.195. The van der Waals surface area contributed by atoms with Gasteiger partial charge < -0.3 is 19.9 Å². The minimum atomic E-state index is -0.659. The van der Waals surface area contributed by atoms with Crippen molar-refractivity contribution >= 4 is 12.1 Å². The fraction of sp³-hybridized carbons (Fsp3) is 0.852. The number of carbonyl (C=O) groups is 2. The molecule has 2 N–H and O–H groups in total. The number of esters is 1. The molecule has 5 rings (SSSR count). The highest BCUT2D eigenvalue weighted by Crippen LogP contribution is 2.71. The van der Waals surface area contributed by atoms with E-state index in [0.29, 0.717) is 30.3 Å². The van der Waals surface area contributed by atoms with Crippen LogP contribution in [0.1, 0.15) is 78.6 Å². The van der Waals surface area contributed by atoms with Gasteiger partial charge in [0.15, 0.2) is 0 Å². The molecule has 0 bridgehead atoms. The van der Waals surface area contributed by atoms with Crippen molar-refractivity contribution in [3.05, 3.63) is 12.2 Å². The van der Waals surface area contributed by atoms with E-state index in [9.17, 15) is 14.7 Å². The summed E-state index contributed by atoms with van der Waals surface area (Å²) in [5, 5.41) is 15.5. The van der Waals surface area contributed by atoms with Gasteiger partial charge in [0.2, 0.25) is 0 Å². The Bertz CT molecular complexity index is 857. The molecular weight excluding hydrogens is 418 g/mol. The third kappa shape index (κ3) is 3.30. The van der Waals surface area contributed by atoms with E-state index in [0.717, 1.165) is 57.8 Å². The first kappa shape index (κ1) is 23.2. The Morgan fingerprint density at radius 3 is 2.58 bits per heavy atom. The fourth-order valence-electron chi connectivity index (χ4n) is 9.44. The number of cyclic esters (lactones) is 1. The Morgan fingerprint density at radius 2 is 1.88 bits per heavy atom. The van der Waals surface area contributed by atoms with Gasteiger partial charge in [0, 0.05) is 22.9 Å². The molecule has 6 nitrogen and oxygen atoms in total. The van der Waals surface area contributed by atoms with E-state index in [4.69, 9.17) is 9.47 Å². The number of hydrogen-bond donors (Lipinski definition) is 2. The number of fused-ring (bicyclic) bond motifs is 5. The van der Waals surface area contributed by atoms with Gasteiger partial charge in [-0.2, -0.15) is 0 Å². The van der Waals surface area contributed by atoms with Crippen LogP contribution in [0.15, 0.2) is 12.2 Å². The first-order valence-corrected chi connectivity index (χ1v) is 13.0. The standard InChI is InChI=1S/C27H41NO5/c1-24(11-10-22(29)33-16-24)21-9-14-27(31)20-6-5-17-15-18(28-23(30)32-4)7-12-25(17,2)19(20)8-13-26(21,27)3/h10-11,17-21,31H,5-9,12-16H2,1-4H3,(H,28,30)/t17-,18+,19+,20-,21-,24?,25+,26-,27+/m1/s1. The summed E-state index contributed by atoms with van der Waals surface area (Å²) in [4.78, 5) is 23.4. The van der Waals surface area contributed by atoms with Gasteiger partial charge in [-0.15, -0.1) is 0 Å². The van der Waals surface area contributed by atoms with E-state index in [1.165, 1.54) is 7.11 Å². The number of rotatable bonds is 2. The van der Waals surface area contributed by atoms with Crippen LogP contribution in [0, 0.1) is 39.9 Å². The molecule has 9 atom stereocenters. The maximum atomic E-state index is 12.4. The minimum Gasteiger partial charge on any atom is -0.462 e. The zero-order valence-corrected chi connectivity index (χ0v) is 20.7. The molecule has 0 saturated heterocycles. The topological polar surface area (TPSA) is 84.9 Å². The van der Waals surface area contributed by atoms with Gasteiger partial charge in [-0.1, -0.05) is 26.8 Å². The van der Waals surface area contributed by atoms with Gasteiger partial charge in [0.1, 0.15) is 6.61 Å². The minimum absolute atomic E-state index is 0.163. The average Bonchev–Trinajstić information content (AvgIpc) is 3.08. The molecule has 6 heteroatoms. The molecule has 4 fully saturated rings. The largest absolute Gasteiger partial charge is 0.462 e. The van der Waals surface area contributed by atoms with E-state index < -0.39 is 5.60 Å². The number of nitrogens with one attached hydrogen (secondary N) is 1. The number of alkyl carbamates (subject to hydrolysis) is 1. The lowest BCUT2D eigenvalue weighted by molar-refractivity contribution is -0.214. The third-order valence-corrected chi connectivity index (χ3v) is 11.3. The van der Waals surface area contributed by atoms with E-state index >= 15 is 0 Å². The highest BCUT2D eigenvalue weighted by Gasteiger charge is 2.69. The Kier molecular flexibility index (Phi) is 5.43. The lowest BCUT2D eigenvalue weighted by atomic mass is 9.42. The SMILES string of the molecule is COC(=O)N[C@H]1CC[C@@]2(C)[C@H](CC[C@@H]3[C@@H]2CC[C@]2(C)[C@@H](C4(C)C=CC(=O)OC4)CC[C@]32O)C1. The van der Waals surface area contributed by atoms with Crippen molar-refractivity contribution in [2.45, 2.75) is 90.2 Å². The summed E-state index contributed by atoms with van der Waals surface area (Å²) in [5.74, 6) is 1.49. The summed E-state index contributed by atoms with van der Waals surface area (Å²) in [5.41, 5.74) is -0.812. The van der Waals surface area contributed by atoms with Crippen LogP contribution in [0.25, 0.3) is 0 Å². The molecule has 1 amide bonds. The number of aliphatic hydroxyl groups is 1. The number of methoxy groups -OCH3 is 1. The second-order valence-corrected chi connectivity index (χ2v) is 12.5. The van der Waals surface area contributed by atoms with E-state index in [1.54, 1.807) is 6.08 Å². The highest BCUT2D eigenvalue weighted by atomic mass is 16.5. The van der Waals surface area contributed by atoms with Crippen LogP contribution in [0.4, 0.5) is 4.79 Å². The fourth-order valence-corrected chi connectivity index (χ4v) is 9.44. The van der Waals surface area contributed by atoms with Crippen molar-refractivity contribution < 1.29 is 24.2 Å². The second kappa shape index (κ2) is 7.73. The summed E-state index contributed by atoms with van der Waals surface area (Å²) >= 11 is 0. The molecule has 4 saturated carbocycles. The van der Waals surface area contributed by atoms with Crippen molar-refractivity contribution in [3.63, 3.8) is 0 Å². The van der Waals surface area contributed by atoms with Crippen LogP contribution in [-0.4, -0.2) is 42.5 Å². The third-order valence-electron chi connectivity index (χ3n) is 11.3. The van der Waals surface area contributed by atoms with Crippen LogP contribution in [0.3, 0.4) is 0 Å². The van der Waals surface area contributed by atoms with Gasteiger partial charge in [0.25, 0.3) is 0 Å². The van der Waals surface area contributed by atoms with E-state index in [1.807, 2.05) is 0 Å². The number of hydrogen-bond acceptors (Lipinski definition) is 5. The second-order valence-electron chi connectivity index (χ2n) is 12.5. The summed E-state index contributed by atoms with van der Waals surface area (Å²) in [6.45, 7) is 7.41. The van der Waals surface area contributed by atoms with E-state index in [2.05, 4.69) is 32.2 Å². The van der Waals surface area contributed by atoms with Crippen molar-refractivity contribution in [2.24, 2.45) is 39.9 Å². The monoisotopic (exact) mass is 459 g/mol. The Balaban J connectivity index is 1.38. The zero-order valence-electron chi connectivity index (χ0n) is 20.7. The normalized spacial score (nSPS) is 51.1. The first-order valence-electron chi connectivity index (χ1n) is 13.0. The quantitative estimate of drug-likeness (QED) is 0.590. The summed E-state index contributed by atoms with van der Waals surface area (Å²) in [6.07, 6.45) is 12.6. The zero-order chi connectivity index (χ0) is 23.6. The molecule has 0 radical (unpaired) electrons. The van der Waals surface area contributed by atoms with Crippen molar-refractivity contribution in [2.75, 3.05) is 13.7 Å². The molecule has 1 unspecified atom stereocenters. The Hall–Kier alpha value is -1.56. The molecule has 33 heavy (non-hydrogen) atoms. The van der Waals surface area contributed by atoms with Crippen LogP contribution in [0.5, 0.6) is 0 Å². The summed E-state index contributed by atoms with van der Waals surface area (Å²) in [7, 11) is 1.43. The van der Waals surface area contributed by atoms with Crippen molar-refractivity contribution in [3.8, 4) is 0 Å². The lowest BCUT2D eigenvalue weighted by Crippen LogP contribution is -2.63. The number of amides is 1. The molecule has 0 spiro atoms. The van der Waals surface area contributed by atoms with Gasteiger partial charge in [-0.05, 0) is 86.9 Å². The predicted molar refractivity (Wildman–Crippen MR) is 124 cm³/mol. The lowest BCUT2D eigenvalue weighted by Gasteiger charge is -2.64. The van der Waals surface area contributed by atoms with Crippen LogP contribution >= 0.6 is 0 Å². The molecule has 184 valence electrons. The molecular formula is C27H41NO5. The van der Waals surface area contributed by atoms with Gasteiger partial charge in [-0.3, -0.25) is 0 Å². The van der Waals surface area contributed by atoms with Crippen LogP contribution < -0.4 is 5.32 Å². The summed E-state index contributed by atoms with van der Waals surface area (Å²) < 4.78 is 10.3. The predicted octanol–water partition coefficient (Wildman–Crippen LogP) is 4.60. The van der Waals surface area contributed by atoms with Gasteiger partial charge in [0.05, 0.1) is 12.7 Å². The van der Waals surface area contributed by atoms with E-state index in [-0.39, 0.29) is 34.3 Å². The number of carbonyl (C=O) groups excluding carboxylic acids is 2. The van der Waals surface area contributed by atoms with Crippen molar-refractivity contribution in [1.29, 1.82) is 0 Å². The first-order chi connectivity index (χ1) is 15.6. The molecule has 5 aliphatic rings. The highest BCUT2D eigenvalue weighted by molar-refractivity contribution is 5.83.